The lowest BCUT2D eigenvalue weighted by molar-refractivity contribution is -0.118. The van der Waals surface area contributed by atoms with Crippen LogP contribution in [0.2, 0.25) is 0 Å². The first-order valence-corrected chi connectivity index (χ1v) is 15.0. The summed E-state index contributed by atoms with van der Waals surface area (Å²) >= 11 is 0. The molecule has 0 radical (unpaired) electrons. The molecule has 1 amide bonds. The first kappa shape index (κ1) is 27.8. The van der Waals surface area contributed by atoms with E-state index in [-0.39, 0.29) is 31.0 Å². The van der Waals surface area contributed by atoms with Gasteiger partial charge >= 0.3 is 0 Å². The van der Waals surface area contributed by atoms with Crippen molar-refractivity contribution in [3.05, 3.63) is 59.5 Å². The molecule has 2 aliphatic carbocycles. The van der Waals surface area contributed by atoms with Crippen LogP contribution >= 0.6 is 0 Å². The molecular weight excluding hydrogens is 523 g/mol. The minimum atomic E-state index is -0.876. The van der Waals surface area contributed by atoms with E-state index in [4.69, 9.17) is 14.0 Å². The van der Waals surface area contributed by atoms with Crippen LogP contribution in [0.15, 0.2) is 47.0 Å². The lowest BCUT2D eigenvalue weighted by Gasteiger charge is -2.34. The predicted octanol–water partition coefficient (Wildman–Crippen LogP) is 6.75. The predicted molar refractivity (Wildman–Crippen MR) is 154 cm³/mol. The molecule has 7 nitrogen and oxygen atoms in total. The molecular formula is C33H39FN2O5. The number of nitrogens with one attached hydrogen (secondary N) is 1. The lowest BCUT2D eigenvalue weighted by atomic mass is 9.77. The summed E-state index contributed by atoms with van der Waals surface area (Å²) in [6.07, 6.45) is 12.4. The second kappa shape index (κ2) is 11.8. The van der Waals surface area contributed by atoms with Gasteiger partial charge in [-0.15, -0.1) is 0 Å². The van der Waals surface area contributed by atoms with Crippen molar-refractivity contribution in [2.45, 2.75) is 76.2 Å². The van der Waals surface area contributed by atoms with Gasteiger partial charge in [-0.2, -0.15) is 0 Å². The highest BCUT2D eigenvalue weighted by Crippen LogP contribution is 2.44. The second-order valence-corrected chi connectivity index (χ2v) is 12.2. The minimum absolute atomic E-state index is 0.170. The molecule has 3 aliphatic rings. The molecule has 1 aliphatic heterocycles. The highest BCUT2D eigenvalue weighted by Gasteiger charge is 2.42. The van der Waals surface area contributed by atoms with Crippen LogP contribution in [-0.2, 0) is 4.79 Å². The smallest absolute Gasteiger partial charge is 0.244 e. The highest BCUT2D eigenvalue weighted by atomic mass is 19.1. The molecule has 0 saturated heterocycles. The van der Waals surface area contributed by atoms with Gasteiger partial charge in [0.15, 0.2) is 17.1 Å². The summed E-state index contributed by atoms with van der Waals surface area (Å²) in [4.78, 5) is 12.6. The maximum Gasteiger partial charge on any atom is 0.244 e. The molecule has 5 unspecified atom stereocenters. The molecule has 2 saturated carbocycles. The van der Waals surface area contributed by atoms with Gasteiger partial charge in [-0.25, -0.2) is 4.39 Å². The molecule has 2 aromatic carbocycles. The SMILES string of the molecule is CC(CC1CCCC1(O)CNC(=O)C=Cc1ccc2c(c1)OCO2)C1CCCC(c2noc3cc(F)ccc23)CC1. The highest BCUT2D eigenvalue weighted by molar-refractivity contribution is 5.91. The van der Waals surface area contributed by atoms with Crippen molar-refractivity contribution in [1.29, 1.82) is 0 Å². The molecule has 6 rings (SSSR count). The van der Waals surface area contributed by atoms with Gasteiger partial charge in [0.25, 0.3) is 0 Å². The number of halogens is 1. The van der Waals surface area contributed by atoms with Gasteiger partial charge in [0.2, 0.25) is 12.7 Å². The number of aliphatic hydroxyl groups is 1. The number of hydrogen-bond acceptors (Lipinski definition) is 6. The Kier molecular flexibility index (Phi) is 8.02. The van der Waals surface area contributed by atoms with E-state index in [2.05, 4.69) is 17.4 Å². The van der Waals surface area contributed by atoms with Crippen LogP contribution in [0.1, 0.15) is 81.9 Å². The Hall–Kier alpha value is -3.39. The van der Waals surface area contributed by atoms with Crippen molar-refractivity contribution in [1.82, 2.24) is 10.5 Å². The van der Waals surface area contributed by atoms with Crippen LogP contribution in [0.5, 0.6) is 11.5 Å². The molecule has 5 atom stereocenters. The van der Waals surface area contributed by atoms with Crippen LogP contribution in [-0.4, -0.2) is 35.1 Å². The first-order chi connectivity index (χ1) is 19.9. The average molecular weight is 563 g/mol. The molecule has 8 heteroatoms. The Morgan fingerprint density at radius 2 is 2.00 bits per heavy atom. The van der Waals surface area contributed by atoms with E-state index in [9.17, 15) is 14.3 Å². The van der Waals surface area contributed by atoms with E-state index in [1.165, 1.54) is 18.2 Å². The number of fused-ring (bicyclic) bond motifs is 2. The molecule has 3 aromatic rings. The van der Waals surface area contributed by atoms with Crippen LogP contribution in [0, 0.1) is 23.6 Å². The summed E-state index contributed by atoms with van der Waals surface area (Å²) in [5.41, 5.74) is 1.46. The van der Waals surface area contributed by atoms with Gasteiger partial charge in [0, 0.05) is 30.0 Å². The van der Waals surface area contributed by atoms with Crippen molar-refractivity contribution < 1.29 is 28.3 Å². The molecule has 2 N–H and O–H groups in total. The number of ether oxygens (including phenoxy) is 2. The van der Waals surface area contributed by atoms with E-state index in [0.717, 1.165) is 68.0 Å². The zero-order valence-electron chi connectivity index (χ0n) is 23.6. The normalized spacial score (nSPS) is 26.9. The van der Waals surface area contributed by atoms with E-state index in [0.29, 0.717) is 41.3 Å². The third-order valence-electron chi connectivity index (χ3n) is 9.64. The fraction of sp³-hybridized carbons (Fsp3) is 0.515. The maximum atomic E-state index is 13.6. The molecule has 41 heavy (non-hydrogen) atoms. The van der Waals surface area contributed by atoms with Crippen LogP contribution in [0.4, 0.5) is 4.39 Å². The maximum absolute atomic E-state index is 13.6. The summed E-state index contributed by atoms with van der Waals surface area (Å²) in [7, 11) is 0. The summed E-state index contributed by atoms with van der Waals surface area (Å²) in [5.74, 6) is 2.42. The van der Waals surface area contributed by atoms with Crippen molar-refractivity contribution in [3.63, 3.8) is 0 Å². The Morgan fingerprint density at radius 3 is 2.90 bits per heavy atom. The van der Waals surface area contributed by atoms with Crippen LogP contribution < -0.4 is 14.8 Å². The Bertz CT molecular complexity index is 1420. The molecule has 2 heterocycles. The third kappa shape index (κ3) is 6.13. The number of carbonyl (C=O) groups excluding carboxylic acids is 1. The standard InChI is InChI=1S/C33H39FN2O5/c1-21(23-4-2-5-24(10-9-23)32-27-12-11-26(34)18-29(27)41-36-32)16-25-6-3-15-33(25,38)19-35-31(37)14-8-22-7-13-28-30(17-22)40-20-39-28/h7-8,11-14,17-18,21,23-25,38H,2-6,9-10,15-16,19-20H2,1H3,(H,35,37). The number of amides is 1. The monoisotopic (exact) mass is 562 g/mol. The molecule has 1 aromatic heterocycles. The van der Waals surface area contributed by atoms with Crippen molar-refractivity contribution >= 4 is 23.0 Å². The van der Waals surface area contributed by atoms with E-state index in [1.807, 2.05) is 18.2 Å². The van der Waals surface area contributed by atoms with Gasteiger partial charge < -0.3 is 24.4 Å². The van der Waals surface area contributed by atoms with Gasteiger partial charge in [0.05, 0.1) is 11.3 Å². The molecule has 2 fully saturated rings. The number of nitrogens with zero attached hydrogens (tertiary/aromatic N) is 1. The number of aromatic nitrogens is 1. The van der Waals surface area contributed by atoms with E-state index < -0.39 is 5.60 Å². The Balaban J connectivity index is 1.01. The quantitative estimate of drug-likeness (QED) is 0.233. The molecule has 218 valence electrons. The number of carbonyl (C=O) groups is 1. The largest absolute Gasteiger partial charge is 0.454 e. The van der Waals surface area contributed by atoms with E-state index in [1.54, 1.807) is 12.1 Å². The zero-order chi connectivity index (χ0) is 28.4. The van der Waals surface area contributed by atoms with Crippen molar-refractivity contribution in [2.75, 3.05) is 13.3 Å². The average Bonchev–Trinajstić information content (AvgIpc) is 3.65. The zero-order valence-corrected chi connectivity index (χ0v) is 23.6. The topological polar surface area (TPSA) is 93.8 Å². The summed E-state index contributed by atoms with van der Waals surface area (Å²) in [6, 6.07) is 10.2. The fourth-order valence-electron chi connectivity index (χ4n) is 7.22. The first-order valence-electron chi connectivity index (χ1n) is 15.0. The third-order valence-corrected chi connectivity index (χ3v) is 9.64. The minimum Gasteiger partial charge on any atom is -0.454 e. The Morgan fingerprint density at radius 1 is 1.12 bits per heavy atom. The second-order valence-electron chi connectivity index (χ2n) is 12.2. The Labute approximate surface area is 240 Å². The van der Waals surface area contributed by atoms with Gasteiger partial charge in [0.1, 0.15) is 5.82 Å². The lowest BCUT2D eigenvalue weighted by Crippen LogP contribution is -2.45. The number of rotatable bonds is 8. The van der Waals surface area contributed by atoms with Crippen molar-refractivity contribution in [3.8, 4) is 11.5 Å². The van der Waals surface area contributed by atoms with E-state index >= 15 is 0 Å². The van der Waals surface area contributed by atoms with Gasteiger partial charge in [-0.3, -0.25) is 4.79 Å². The summed E-state index contributed by atoms with van der Waals surface area (Å²) in [5, 5.41) is 19.8. The summed E-state index contributed by atoms with van der Waals surface area (Å²) < 4.78 is 29.8. The number of hydrogen-bond donors (Lipinski definition) is 2. The fourth-order valence-corrected chi connectivity index (χ4v) is 7.22. The van der Waals surface area contributed by atoms with Crippen LogP contribution in [0.25, 0.3) is 17.0 Å². The molecule has 0 bridgehead atoms. The van der Waals surface area contributed by atoms with Gasteiger partial charge in [-0.1, -0.05) is 37.4 Å². The van der Waals surface area contributed by atoms with Crippen molar-refractivity contribution in [2.24, 2.45) is 17.8 Å². The van der Waals surface area contributed by atoms with Gasteiger partial charge in [-0.05, 0) is 92.2 Å². The van der Waals surface area contributed by atoms with Crippen LogP contribution in [0.3, 0.4) is 0 Å². The number of benzene rings is 2. The summed E-state index contributed by atoms with van der Waals surface area (Å²) in [6.45, 7) is 2.80. The molecule has 0 spiro atoms.